The van der Waals surface area contributed by atoms with Gasteiger partial charge in [0.25, 0.3) is 0 Å². The molecule has 0 spiro atoms. The first-order chi connectivity index (χ1) is 9.97. The first-order valence-corrected chi connectivity index (χ1v) is 7.42. The molecule has 0 unspecified atom stereocenters. The van der Waals surface area contributed by atoms with E-state index < -0.39 is 17.6 Å². The van der Waals surface area contributed by atoms with Crippen molar-refractivity contribution in [3.63, 3.8) is 0 Å². The SMILES string of the molecule is C[C@@H]1CCCC[C@H]1NC(=O)C(=O)Nc1ccc(Cl)cc1F. The van der Waals surface area contributed by atoms with Crippen molar-refractivity contribution in [1.82, 2.24) is 5.32 Å². The van der Waals surface area contributed by atoms with Crippen molar-refractivity contribution in [2.75, 3.05) is 5.32 Å². The molecule has 1 aliphatic rings. The lowest BCUT2D eigenvalue weighted by Gasteiger charge is -2.29. The summed E-state index contributed by atoms with van der Waals surface area (Å²) in [7, 11) is 0. The predicted molar refractivity (Wildman–Crippen MR) is 79.6 cm³/mol. The van der Waals surface area contributed by atoms with Gasteiger partial charge in [-0.25, -0.2) is 4.39 Å². The normalized spacial score (nSPS) is 21.7. The summed E-state index contributed by atoms with van der Waals surface area (Å²) >= 11 is 5.63. The topological polar surface area (TPSA) is 58.2 Å². The van der Waals surface area contributed by atoms with Crippen LogP contribution in [0.1, 0.15) is 32.6 Å². The van der Waals surface area contributed by atoms with Crippen LogP contribution >= 0.6 is 11.6 Å². The maximum absolute atomic E-state index is 13.6. The Hall–Kier alpha value is -1.62. The van der Waals surface area contributed by atoms with Gasteiger partial charge in [-0.1, -0.05) is 31.4 Å². The molecule has 1 saturated carbocycles. The highest BCUT2D eigenvalue weighted by molar-refractivity contribution is 6.39. The van der Waals surface area contributed by atoms with Gasteiger partial charge in [-0.2, -0.15) is 0 Å². The third kappa shape index (κ3) is 4.17. The molecule has 0 heterocycles. The fraction of sp³-hybridized carbons (Fsp3) is 0.467. The number of carbonyl (C=O) groups excluding carboxylic acids is 2. The average Bonchev–Trinajstić information content (AvgIpc) is 2.44. The van der Waals surface area contributed by atoms with Gasteiger partial charge in [-0.15, -0.1) is 0 Å². The van der Waals surface area contributed by atoms with Gasteiger partial charge in [0, 0.05) is 11.1 Å². The van der Waals surface area contributed by atoms with Crippen LogP contribution in [0.15, 0.2) is 18.2 Å². The minimum Gasteiger partial charge on any atom is -0.345 e. The zero-order valence-electron chi connectivity index (χ0n) is 11.8. The number of hydrogen-bond acceptors (Lipinski definition) is 2. The summed E-state index contributed by atoms with van der Waals surface area (Å²) < 4.78 is 13.6. The Balaban J connectivity index is 1.94. The van der Waals surface area contributed by atoms with Crippen molar-refractivity contribution in [3.05, 3.63) is 29.0 Å². The third-order valence-electron chi connectivity index (χ3n) is 3.81. The summed E-state index contributed by atoms with van der Waals surface area (Å²) in [6.07, 6.45) is 4.10. The highest BCUT2D eigenvalue weighted by Gasteiger charge is 2.25. The van der Waals surface area contributed by atoms with Crippen LogP contribution in [0.5, 0.6) is 0 Å². The number of halogens is 2. The van der Waals surface area contributed by atoms with Crippen LogP contribution < -0.4 is 10.6 Å². The lowest BCUT2D eigenvalue weighted by molar-refractivity contribution is -0.137. The summed E-state index contributed by atoms with van der Waals surface area (Å²) in [5.74, 6) is -1.92. The van der Waals surface area contributed by atoms with Gasteiger partial charge in [0.1, 0.15) is 5.82 Å². The van der Waals surface area contributed by atoms with Crippen LogP contribution in [-0.2, 0) is 9.59 Å². The van der Waals surface area contributed by atoms with Gasteiger partial charge in [0.15, 0.2) is 0 Å². The Morgan fingerprint density at radius 2 is 1.95 bits per heavy atom. The molecule has 1 aliphatic carbocycles. The van der Waals surface area contributed by atoms with E-state index in [1.54, 1.807) is 0 Å². The van der Waals surface area contributed by atoms with Gasteiger partial charge in [0.2, 0.25) is 0 Å². The Morgan fingerprint density at radius 1 is 1.24 bits per heavy atom. The van der Waals surface area contributed by atoms with E-state index in [4.69, 9.17) is 11.6 Å². The van der Waals surface area contributed by atoms with E-state index in [1.165, 1.54) is 12.1 Å². The molecule has 2 N–H and O–H groups in total. The number of hydrogen-bond donors (Lipinski definition) is 2. The average molecular weight is 313 g/mol. The van der Waals surface area contributed by atoms with Crippen LogP contribution in [0.25, 0.3) is 0 Å². The van der Waals surface area contributed by atoms with E-state index in [-0.39, 0.29) is 16.8 Å². The molecule has 114 valence electrons. The van der Waals surface area contributed by atoms with E-state index >= 15 is 0 Å². The van der Waals surface area contributed by atoms with Crippen molar-refractivity contribution < 1.29 is 14.0 Å². The van der Waals surface area contributed by atoms with Crippen molar-refractivity contribution >= 4 is 29.1 Å². The highest BCUT2D eigenvalue weighted by atomic mass is 35.5. The molecule has 2 rings (SSSR count). The maximum Gasteiger partial charge on any atom is 0.313 e. The molecule has 1 fully saturated rings. The van der Waals surface area contributed by atoms with Crippen molar-refractivity contribution in [2.45, 2.75) is 38.6 Å². The zero-order chi connectivity index (χ0) is 15.4. The molecule has 0 bridgehead atoms. The highest BCUT2D eigenvalue weighted by Crippen LogP contribution is 2.23. The first kappa shape index (κ1) is 15.8. The summed E-state index contributed by atoms with van der Waals surface area (Å²) in [5, 5.41) is 5.20. The smallest absolute Gasteiger partial charge is 0.313 e. The van der Waals surface area contributed by atoms with Gasteiger partial charge in [0.05, 0.1) is 5.69 Å². The number of benzene rings is 1. The monoisotopic (exact) mass is 312 g/mol. The number of amides is 2. The van der Waals surface area contributed by atoms with Crippen molar-refractivity contribution in [3.8, 4) is 0 Å². The molecule has 2 amide bonds. The van der Waals surface area contributed by atoms with Gasteiger partial charge in [-0.3, -0.25) is 9.59 Å². The summed E-state index contributed by atoms with van der Waals surface area (Å²) in [5.41, 5.74) is -0.0590. The molecule has 1 aromatic rings. The summed E-state index contributed by atoms with van der Waals surface area (Å²) in [4.78, 5) is 23.7. The quantitative estimate of drug-likeness (QED) is 0.824. The van der Waals surface area contributed by atoms with E-state index in [9.17, 15) is 14.0 Å². The molecule has 0 aliphatic heterocycles. The second kappa shape index (κ2) is 6.89. The van der Waals surface area contributed by atoms with Crippen LogP contribution in [0, 0.1) is 11.7 Å². The number of rotatable bonds is 2. The van der Waals surface area contributed by atoms with E-state index in [0.29, 0.717) is 5.92 Å². The lowest BCUT2D eigenvalue weighted by Crippen LogP contribution is -2.45. The van der Waals surface area contributed by atoms with E-state index in [1.807, 2.05) is 0 Å². The molecule has 6 heteroatoms. The molecule has 21 heavy (non-hydrogen) atoms. The standard InChI is InChI=1S/C15H18ClFN2O2/c1-9-4-2-3-5-12(9)18-14(20)15(21)19-13-7-6-10(16)8-11(13)17/h6-9,12H,2-5H2,1H3,(H,18,20)(H,19,21)/t9-,12-/m1/s1. The summed E-state index contributed by atoms with van der Waals surface area (Å²) in [6.45, 7) is 2.06. The molecule has 2 atom stereocenters. The van der Waals surface area contributed by atoms with Gasteiger partial charge in [-0.05, 0) is 37.0 Å². The fourth-order valence-electron chi connectivity index (χ4n) is 2.53. The molecule has 0 radical (unpaired) electrons. The number of anilines is 1. The predicted octanol–water partition coefficient (Wildman–Crippen LogP) is 3.11. The fourth-order valence-corrected chi connectivity index (χ4v) is 2.69. The lowest BCUT2D eigenvalue weighted by atomic mass is 9.86. The molecular weight excluding hydrogens is 295 g/mol. The minimum absolute atomic E-state index is 0.00654. The van der Waals surface area contributed by atoms with Crippen LogP contribution in [0.3, 0.4) is 0 Å². The number of nitrogens with one attached hydrogen (secondary N) is 2. The van der Waals surface area contributed by atoms with Crippen LogP contribution in [0.2, 0.25) is 5.02 Å². The second-order valence-corrected chi connectivity index (χ2v) is 5.86. The van der Waals surface area contributed by atoms with Crippen molar-refractivity contribution in [1.29, 1.82) is 0 Å². The Bertz CT molecular complexity index is 550. The largest absolute Gasteiger partial charge is 0.345 e. The molecule has 1 aromatic carbocycles. The Kier molecular flexibility index (Phi) is 5.17. The van der Waals surface area contributed by atoms with E-state index in [0.717, 1.165) is 31.7 Å². The minimum atomic E-state index is -0.867. The first-order valence-electron chi connectivity index (χ1n) is 7.04. The maximum atomic E-state index is 13.6. The molecule has 0 aromatic heterocycles. The van der Waals surface area contributed by atoms with Gasteiger partial charge >= 0.3 is 11.8 Å². The number of carbonyl (C=O) groups is 2. The Labute approximate surface area is 128 Å². The molecular formula is C15H18ClFN2O2. The molecule has 4 nitrogen and oxygen atoms in total. The van der Waals surface area contributed by atoms with E-state index in [2.05, 4.69) is 17.6 Å². The van der Waals surface area contributed by atoms with Crippen LogP contribution in [0.4, 0.5) is 10.1 Å². The molecule has 0 saturated heterocycles. The zero-order valence-corrected chi connectivity index (χ0v) is 12.5. The van der Waals surface area contributed by atoms with Gasteiger partial charge < -0.3 is 10.6 Å². The third-order valence-corrected chi connectivity index (χ3v) is 4.05. The second-order valence-electron chi connectivity index (χ2n) is 5.42. The summed E-state index contributed by atoms with van der Waals surface area (Å²) in [6, 6.07) is 3.86. The van der Waals surface area contributed by atoms with Crippen molar-refractivity contribution in [2.24, 2.45) is 5.92 Å². The Morgan fingerprint density at radius 3 is 2.62 bits per heavy atom. The van der Waals surface area contributed by atoms with Crippen LogP contribution in [-0.4, -0.2) is 17.9 Å².